The third-order valence-corrected chi connectivity index (χ3v) is 6.76. The molecule has 0 unspecified atom stereocenters. The number of benzene rings is 2. The van der Waals surface area contributed by atoms with Crippen molar-refractivity contribution in [3.8, 4) is 22.6 Å². The highest BCUT2D eigenvalue weighted by atomic mass is 16.3. The predicted molar refractivity (Wildman–Crippen MR) is 129 cm³/mol. The lowest BCUT2D eigenvalue weighted by Gasteiger charge is -2.42. The molecule has 1 aliphatic rings. The Morgan fingerprint density at radius 1 is 1.03 bits per heavy atom. The molecule has 0 saturated heterocycles. The van der Waals surface area contributed by atoms with E-state index < -0.39 is 5.60 Å². The number of phenols is 2. The summed E-state index contributed by atoms with van der Waals surface area (Å²) >= 11 is 0. The van der Waals surface area contributed by atoms with E-state index in [1.54, 1.807) is 6.07 Å². The molecule has 0 spiro atoms. The third-order valence-electron chi connectivity index (χ3n) is 6.76. The number of rotatable bonds is 7. The van der Waals surface area contributed by atoms with Crippen LogP contribution in [0.4, 0.5) is 0 Å². The van der Waals surface area contributed by atoms with E-state index in [0.29, 0.717) is 42.2 Å². The number of phenolic OH excluding ortho intramolecular Hbond substituents is 2. The number of allylic oxidation sites excluding steroid dienone is 2. The van der Waals surface area contributed by atoms with E-state index in [2.05, 4.69) is 33.1 Å². The van der Waals surface area contributed by atoms with Gasteiger partial charge in [-0.05, 0) is 91.7 Å². The Bertz CT molecular complexity index is 955. The molecule has 0 amide bonds. The standard InChI is InChI=1S/C28H36O3/c1-6-8-19-10-11-26(29)22(14-19)23-15-20(9-7-2)16-24(27(23)30)25-17-28(5,31)13-12-21(25)18(3)4/h6-7,10-11,14-16,18,21,25,29-31H,1-2,8-9,12-13,17H2,3-5H3/t21-,25+,28-/m1/s1. The van der Waals surface area contributed by atoms with Crippen LogP contribution in [0, 0.1) is 11.8 Å². The molecule has 2 aromatic rings. The second-order valence-corrected chi connectivity index (χ2v) is 9.67. The highest BCUT2D eigenvalue weighted by Gasteiger charge is 2.40. The van der Waals surface area contributed by atoms with E-state index in [1.165, 1.54) is 0 Å². The first-order valence-electron chi connectivity index (χ1n) is 11.3. The second kappa shape index (κ2) is 9.32. The van der Waals surface area contributed by atoms with Crippen LogP contribution in [-0.4, -0.2) is 20.9 Å². The van der Waals surface area contributed by atoms with Crippen LogP contribution in [0.5, 0.6) is 11.5 Å². The largest absolute Gasteiger partial charge is 0.507 e. The second-order valence-electron chi connectivity index (χ2n) is 9.67. The van der Waals surface area contributed by atoms with E-state index in [9.17, 15) is 15.3 Å². The van der Waals surface area contributed by atoms with Crippen LogP contribution in [-0.2, 0) is 12.8 Å². The van der Waals surface area contributed by atoms with Crippen LogP contribution in [0.3, 0.4) is 0 Å². The van der Waals surface area contributed by atoms with Gasteiger partial charge in [-0.1, -0.05) is 38.1 Å². The SMILES string of the molecule is C=CCc1ccc(O)c(-c2cc(CC=C)cc([C@H]3C[C@](C)(O)CC[C@@H]3C(C)C)c2O)c1. The fourth-order valence-electron chi connectivity index (χ4n) is 5.13. The van der Waals surface area contributed by atoms with Gasteiger partial charge in [0.15, 0.2) is 0 Å². The summed E-state index contributed by atoms with van der Waals surface area (Å²) in [6.07, 6.45) is 7.35. The zero-order chi connectivity index (χ0) is 22.8. The fraction of sp³-hybridized carbons (Fsp3) is 0.429. The molecule has 1 aliphatic carbocycles. The van der Waals surface area contributed by atoms with Gasteiger partial charge >= 0.3 is 0 Å². The monoisotopic (exact) mass is 420 g/mol. The van der Waals surface area contributed by atoms with Gasteiger partial charge in [-0.3, -0.25) is 0 Å². The van der Waals surface area contributed by atoms with Gasteiger partial charge in [-0.25, -0.2) is 0 Å². The van der Waals surface area contributed by atoms with Crippen LogP contribution in [0.25, 0.3) is 11.1 Å². The molecule has 0 heterocycles. The Balaban J connectivity index is 2.20. The summed E-state index contributed by atoms with van der Waals surface area (Å²) in [4.78, 5) is 0. The van der Waals surface area contributed by atoms with E-state index >= 15 is 0 Å². The maximum absolute atomic E-state index is 11.5. The molecule has 3 heteroatoms. The summed E-state index contributed by atoms with van der Waals surface area (Å²) in [6, 6.07) is 9.48. The lowest BCUT2D eigenvalue weighted by Crippen LogP contribution is -2.37. The molecule has 2 aromatic carbocycles. The van der Waals surface area contributed by atoms with Gasteiger partial charge in [-0.2, -0.15) is 0 Å². The molecule has 0 radical (unpaired) electrons. The maximum atomic E-state index is 11.5. The average molecular weight is 421 g/mol. The maximum Gasteiger partial charge on any atom is 0.127 e. The van der Waals surface area contributed by atoms with Gasteiger partial charge in [-0.15, -0.1) is 13.2 Å². The van der Waals surface area contributed by atoms with E-state index in [-0.39, 0.29) is 17.4 Å². The average Bonchev–Trinajstić information content (AvgIpc) is 2.70. The van der Waals surface area contributed by atoms with Crippen LogP contribution >= 0.6 is 0 Å². The molecule has 3 nitrogen and oxygen atoms in total. The topological polar surface area (TPSA) is 60.7 Å². The highest BCUT2D eigenvalue weighted by Crippen LogP contribution is 2.50. The zero-order valence-corrected chi connectivity index (χ0v) is 19.1. The Morgan fingerprint density at radius 2 is 1.68 bits per heavy atom. The fourth-order valence-corrected chi connectivity index (χ4v) is 5.13. The van der Waals surface area contributed by atoms with Crippen molar-refractivity contribution in [1.82, 2.24) is 0 Å². The van der Waals surface area contributed by atoms with Crippen molar-refractivity contribution >= 4 is 0 Å². The van der Waals surface area contributed by atoms with Crippen LogP contribution in [0.2, 0.25) is 0 Å². The Hall–Kier alpha value is -2.52. The lowest BCUT2D eigenvalue weighted by molar-refractivity contribution is -0.0103. The first-order chi connectivity index (χ1) is 14.7. The summed E-state index contributed by atoms with van der Waals surface area (Å²) in [5.74, 6) is 1.20. The van der Waals surface area contributed by atoms with Gasteiger partial charge in [0.2, 0.25) is 0 Å². The molecule has 0 aliphatic heterocycles. The van der Waals surface area contributed by atoms with Crippen LogP contribution in [0.1, 0.15) is 62.6 Å². The molecule has 0 aromatic heterocycles. The minimum absolute atomic E-state index is 0.0470. The highest BCUT2D eigenvalue weighted by molar-refractivity contribution is 5.78. The molecular formula is C28H36O3. The Kier molecular flexibility index (Phi) is 6.96. The number of hydrogen-bond donors (Lipinski definition) is 3. The van der Waals surface area contributed by atoms with Crippen molar-refractivity contribution in [2.24, 2.45) is 11.8 Å². The number of aromatic hydroxyl groups is 2. The molecule has 1 fully saturated rings. The van der Waals surface area contributed by atoms with Crippen molar-refractivity contribution in [3.05, 3.63) is 72.3 Å². The summed E-state index contributed by atoms with van der Waals surface area (Å²) < 4.78 is 0. The van der Waals surface area contributed by atoms with Crippen molar-refractivity contribution in [2.45, 2.75) is 64.4 Å². The first-order valence-corrected chi connectivity index (χ1v) is 11.3. The molecule has 3 rings (SSSR count). The van der Waals surface area contributed by atoms with Gasteiger partial charge in [0, 0.05) is 11.1 Å². The zero-order valence-electron chi connectivity index (χ0n) is 19.1. The molecular weight excluding hydrogens is 384 g/mol. The minimum Gasteiger partial charge on any atom is -0.507 e. The smallest absolute Gasteiger partial charge is 0.127 e. The molecule has 1 saturated carbocycles. The molecule has 166 valence electrons. The quantitative estimate of drug-likeness (QED) is 0.447. The molecule has 3 atom stereocenters. The van der Waals surface area contributed by atoms with Gasteiger partial charge in [0.1, 0.15) is 11.5 Å². The first kappa shape index (κ1) is 23.1. The van der Waals surface area contributed by atoms with Crippen molar-refractivity contribution in [1.29, 1.82) is 0 Å². The van der Waals surface area contributed by atoms with E-state index in [0.717, 1.165) is 29.5 Å². The Morgan fingerprint density at radius 3 is 2.32 bits per heavy atom. The lowest BCUT2D eigenvalue weighted by atomic mass is 9.65. The number of aliphatic hydroxyl groups is 1. The normalized spacial score (nSPS) is 23.6. The predicted octanol–water partition coefficient (Wildman–Crippen LogP) is 6.51. The van der Waals surface area contributed by atoms with Crippen molar-refractivity contribution < 1.29 is 15.3 Å². The molecule has 31 heavy (non-hydrogen) atoms. The van der Waals surface area contributed by atoms with E-state index in [4.69, 9.17) is 0 Å². The van der Waals surface area contributed by atoms with Crippen molar-refractivity contribution in [3.63, 3.8) is 0 Å². The number of hydrogen-bond acceptors (Lipinski definition) is 3. The van der Waals surface area contributed by atoms with E-state index in [1.807, 2.05) is 37.3 Å². The third kappa shape index (κ3) is 5.04. The van der Waals surface area contributed by atoms with Crippen molar-refractivity contribution in [2.75, 3.05) is 0 Å². The molecule has 0 bridgehead atoms. The summed E-state index contributed by atoms with van der Waals surface area (Å²) in [7, 11) is 0. The van der Waals surface area contributed by atoms with Crippen LogP contribution < -0.4 is 0 Å². The summed E-state index contributed by atoms with van der Waals surface area (Å²) in [5, 5.41) is 32.9. The summed E-state index contributed by atoms with van der Waals surface area (Å²) in [5.41, 5.74) is 3.43. The van der Waals surface area contributed by atoms with Gasteiger partial charge in [0.25, 0.3) is 0 Å². The minimum atomic E-state index is -0.747. The van der Waals surface area contributed by atoms with Gasteiger partial charge < -0.3 is 15.3 Å². The van der Waals surface area contributed by atoms with Crippen LogP contribution in [0.15, 0.2) is 55.6 Å². The summed E-state index contributed by atoms with van der Waals surface area (Å²) in [6.45, 7) is 14.0. The molecule has 3 N–H and O–H groups in total. The van der Waals surface area contributed by atoms with Gasteiger partial charge in [0.05, 0.1) is 5.60 Å². The Labute approximate surface area is 186 Å².